The lowest BCUT2D eigenvalue weighted by molar-refractivity contribution is 0.262. The van der Waals surface area contributed by atoms with Crippen LogP contribution in [0, 0.1) is 17.8 Å². The van der Waals surface area contributed by atoms with Gasteiger partial charge in [-0.25, -0.2) is 9.78 Å². The third kappa shape index (κ3) is 1.90. The second-order valence-electron chi connectivity index (χ2n) is 8.94. The number of aromatic nitrogens is 4. The predicted octanol–water partition coefficient (Wildman–Crippen LogP) is 2.95. The number of nitrogens with one attached hydrogen (secondary N) is 1. The Labute approximate surface area is 152 Å². The van der Waals surface area contributed by atoms with Gasteiger partial charge in [0.2, 0.25) is 0 Å². The van der Waals surface area contributed by atoms with Gasteiger partial charge in [-0.1, -0.05) is 6.92 Å². The summed E-state index contributed by atoms with van der Waals surface area (Å²) in [5, 5.41) is 0. The molecule has 1 N–H and O–H groups in total. The van der Waals surface area contributed by atoms with Crippen LogP contribution in [0.3, 0.4) is 0 Å². The molecule has 4 saturated carbocycles. The number of nitrogens with zero attached hydrogens (tertiary/aromatic N) is 3. The molecule has 3 unspecified atom stereocenters. The first-order chi connectivity index (χ1) is 12.5. The molecule has 6 heteroatoms. The van der Waals surface area contributed by atoms with Crippen LogP contribution in [0.1, 0.15) is 71.2 Å². The topological polar surface area (TPSA) is 72.7 Å². The van der Waals surface area contributed by atoms with Crippen molar-refractivity contribution >= 4 is 11.2 Å². The number of imidazole rings is 1. The maximum atomic E-state index is 12.9. The highest BCUT2D eigenvalue weighted by molar-refractivity contribution is 5.70. The summed E-state index contributed by atoms with van der Waals surface area (Å²) >= 11 is 0. The maximum absolute atomic E-state index is 12.9. The molecule has 6 rings (SSSR count). The molecule has 0 spiro atoms. The van der Waals surface area contributed by atoms with Gasteiger partial charge in [0, 0.05) is 18.0 Å². The van der Waals surface area contributed by atoms with Crippen LogP contribution in [0.25, 0.3) is 11.2 Å². The minimum Gasteiger partial charge on any atom is -0.336 e. The fraction of sp³-hybridized carbons (Fsp3) is 0.750. The average Bonchev–Trinajstić information content (AvgIpc) is 3.23. The summed E-state index contributed by atoms with van der Waals surface area (Å²) < 4.78 is 3.07. The summed E-state index contributed by atoms with van der Waals surface area (Å²) in [6.07, 6.45) is 7.22. The Morgan fingerprint density at radius 2 is 1.88 bits per heavy atom. The normalized spacial score (nSPS) is 33.4. The van der Waals surface area contributed by atoms with Crippen LogP contribution in [0.2, 0.25) is 0 Å². The molecular weight excluding hydrogens is 328 g/mol. The highest BCUT2D eigenvalue weighted by atomic mass is 16.2. The number of fused-ring (bicyclic) bond motifs is 1. The Morgan fingerprint density at radius 1 is 1.19 bits per heavy atom. The second-order valence-corrected chi connectivity index (χ2v) is 8.94. The Morgan fingerprint density at radius 3 is 2.50 bits per heavy atom. The molecule has 4 aliphatic carbocycles. The van der Waals surface area contributed by atoms with E-state index in [9.17, 15) is 9.59 Å². The van der Waals surface area contributed by atoms with Crippen LogP contribution in [0.15, 0.2) is 9.59 Å². The molecule has 3 atom stereocenters. The monoisotopic (exact) mass is 356 g/mol. The van der Waals surface area contributed by atoms with Gasteiger partial charge in [-0.3, -0.25) is 13.9 Å². The largest absolute Gasteiger partial charge is 0.336 e. The average molecular weight is 356 g/mol. The summed E-state index contributed by atoms with van der Waals surface area (Å²) in [6, 6.07) is 0.0217. The van der Waals surface area contributed by atoms with E-state index in [1.807, 2.05) is 13.8 Å². The van der Waals surface area contributed by atoms with E-state index in [-0.39, 0.29) is 22.7 Å². The first-order valence-electron chi connectivity index (χ1n) is 10.2. The van der Waals surface area contributed by atoms with Crippen molar-refractivity contribution in [3.63, 3.8) is 0 Å². The summed E-state index contributed by atoms with van der Waals surface area (Å²) in [6.45, 7) is 6.33. The van der Waals surface area contributed by atoms with E-state index in [4.69, 9.17) is 4.98 Å². The molecule has 0 aromatic carbocycles. The maximum Gasteiger partial charge on any atom is 0.332 e. The van der Waals surface area contributed by atoms with Crippen LogP contribution >= 0.6 is 0 Å². The van der Waals surface area contributed by atoms with Gasteiger partial charge < -0.3 is 4.98 Å². The van der Waals surface area contributed by atoms with Crippen molar-refractivity contribution < 1.29 is 0 Å². The Kier molecular flexibility index (Phi) is 3.35. The van der Waals surface area contributed by atoms with Crippen molar-refractivity contribution in [1.82, 2.24) is 19.1 Å². The molecule has 4 fully saturated rings. The summed E-state index contributed by atoms with van der Waals surface area (Å²) in [5.41, 5.74) is 0.746. The van der Waals surface area contributed by atoms with Crippen molar-refractivity contribution in [3.05, 3.63) is 26.7 Å². The molecule has 2 aromatic heterocycles. The van der Waals surface area contributed by atoms with E-state index >= 15 is 0 Å². The van der Waals surface area contributed by atoms with Crippen molar-refractivity contribution in [1.29, 1.82) is 0 Å². The first-order valence-corrected chi connectivity index (χ1v) is 10.2. The van der Waals surface area contributed by atoms with Gasteiger partial charge in [0.1, 0.15) is 11.3 Å². The molecular formula is C20H28N4O2. The molecule has 4 bridgehead atoms. The van der Waals surface area contributed by atoms with Crippen molar-refractivity contribution in [2.24, 2.45) is 17.8 Å². The number of rotatable bonds is 4. The fourth-order valence-corrected chi connectivity index (χ4v) is 6.41. The van der Waals surface area contributed by atoms with E-state index in [0.717, 1.165) is 24.1 Å². The highest BCUT2D eigenvalue weighted by Gasteiger charge is 2.59. The predicted molar refractivity (Wildman–Crippen MR) is 101 cm³/mol. The Bertz CT molecular complexity index is 984. The molecule has 0 amide bonds. The van der Waals surface area contributed by atoms with Crippen molar-refractivity contribution in [3.8, 4) is 0 Å². The lowest BCUT2D eigenvalue weighted by Gasteiger charge is -2.30. The van der Waals surface area contributed by atoms with Gasteiger partial charge in [0.15, 0.2) is 5.65 Å². The third-order valence-electron chi connectivity index (χ3n) is 7.62. The number of hydrogen-bond acceptors (Lipinski definition) is 3. The van der Waals surface area contributed by atoms with Gasteiger partial charge in [0.05, 0.1) is 0 Å². The summed E-state index contributed by atoms with van der Waals surface area (Å²) in [4.78, 5) is 34.2. The third-order valence-corrected chi connectivity index (χ3v) is 7.62. The van der Waals surface area contributed by atoms with Gasteiger partial charge in [-0.05, 0) is 70.1 Å². The van der Waals surface area contributed by atoms with Gasteiger partial charge in [0.25, 0.3) is 5.56 Å². The minimum absolute atomic E-state index is 0.0217. The zero-order valence-corrected chi connectivity index (χ0v) is 15.9. The van der Waals surface area contributed by atoms with Gasteiger partial charge in [-0.2, -0.15) is 0 Å². The molecule has 140 valence electrons. The number of hydrogen-bond donors (Lipinski definition) is 1. The number of H-pyrrole nitrogens is 1. The van der Waals surface area contributed by atoms with E-state index in [0.29, 0.717) is 23.6 Å². The Balaban J connectivity index is 1.77. The molecule has 2 heterocycles. The molecule has 0 radical (unpaired) electrons. The van der Waals surface area contributed by atoms with E-state index < -0.39 is 0 Å². The quantitative estimate of drug-likeness (QED) is 0.915. The Hall–Kier alpha value is -1.85. The van der Waals surface area contributed by atoms with Gasteiger partial charge in [-0.15, -0.1) is 0 Å². The van der Waals surface area contributed by atoms with Gasteiger partial charge >= 0.3 is 5.69 Å². The zero-order valence-electron chi connectivity index (χ0n) is 15.9. The minimum atomic E-state index is -0.229. The lowest BCUT2D eigenvalue weighted by Crippen LogP contribution is -2.40. The van der Waals surface area contributed by atoms with E-state index in [1.54, 1.807) is 4.57 Å². The molecule has 4 aliphatic rings. The number of aromatic amines is 1. The molecule has 2 aromatic rings. The smallest absolute Gasteiger partial charge is 0.332 e. The lowest BCUT2D eigenvalue weighted by atomic mass is 9.75. The molecule has 0 saturated heterocycles. The van der Waals surface area contributed by atoms with Crippen LogP contribution < -0.4 is 11.2 Å². The highest BCUT2D eigenvalue weighted by Crippen LogP contribution is 2.65. The zero-order chi connectivity index (χ0) is 18.2. The summed E-state index contributed by atoms with van der Waals surface area (Å²) in [5.74, 6) is 3.32. The fourth-order valence-electron chi connectivity index (χ4n) is 6.41. The summed E-state index contributed by atoms with van der Waals surface area (Å²) in [7, 11) is 0. The second kappa shape index (κ2) is 5.33. The van der Waals surface area contributed by atoms with Crippen LogP contribution in [0.5, 0.6) is 0 Å². The van der Waals surface area contributed by atoms with Crippen LogP contribution in [-0.2, 0) is 12.0 Å². The molecule has 26 heavy (non-hydrogen) atoms. The SMILES string of the molecule is CCC(C)n1c(=O)n(CC)c(=O)c2[nH]c(C34CC5CC(CC3C5)C4)nc21. The van der Waals surface area contributed by atoms with Crippen molar-refractivity contribution in [2.45, 2.75) is 77.3 Å². The molecule has 0 aliphatic heterocycles. The molecule has 6 nitrogen and oxygen atoms in total. The first kappa shape index (κ1) is 16.3. The van der Waals surface area contributed by atoms with Crippen molar-refractivity contribution in [2.75, 3.05) is 0 Å². The van der Waals surface area contributed by atoms with E-state index in [1.165, 1.54) is 36.7 Å². The standard InChI is InChI=1S/C20H28N4O2/c1-4-11(3)24-16-15(17(25)23(5-2)19(24)26)21-18(22-16)20-9-12-6-13(10-20)8-14(20)7-12/h11-14H,4-10H2,1-3H3,(H,21,22). The van der Waals surface area contributed by atoms with E-state index in [2.05, 4.69) is 11.9 Å². The van der Waals surface area contributed by atoms with Crippen LogP contribution in [0.4, 0.5) is 0 Å². The van der Waals surface area contributed by atoms with Crippen LogP contribution in [-0.4, -0.2) is 19.1 Å².